The van der Waals surface area contributed by atoms with E-state index in [1.807, 2.05) is 0 Å². The van der Waals surface area contributed by atoms with Gasteiger partial charge in [0.15, 0.2) is 0 Å². The Morgan fingerprint density at radius 1 is 0.229 bits per heavy atom. The lowest BCUT2D eigenvalue weighted by Gasteiger charge is -2.23. The largest absolute Gasteiger partial charge is 0.0616 e. The predicted molar refractivity (Wildman–Crippen MR) is 215 cm³/mol. The van der Waals surface area contributed by atoms with Crippen LogP contribution in [0.2, 0.25) is 0 Å². The molecule has 10 aromatic rings. The molecule has 48 heavy (non-hydrogen) atoms. The van der Waals surface area contributed by atoms with Gasteiger partial charge in [0, 0.05) is 8.95 Å². The number of benzene rings is 10. The zero-order chi connectivity index (χ0) is 31.9. The lowest BCUT2D eigenvalue weighted by atomic mass is 9.80. The molecule has 10 rings (SSSR count). The first-order chi connectivity index (χ1) is 23.7. The van der Waals surface area contributed by atoms with Crippen molar-refractivity contribution in [2.24, 2.45) is 0 Å². The Labute approximate surface area is 294 Å². The van der Waals surface area contributed by atoms with Gasteiger partial charge in [0.1, 0.15) is 0 Å². The summed E-state index contributed by atoms with van der Waals surface area (Å²) in [6.45, 7) is 0. The molecule has 0 N–H and O–H groups in total. The van der Waals surface area contributed by atoms with Crippen LogP contribution in [0.5, 0.6) is 0 Å². The minimum atomic E-state index is 1.14. The monoisotopic (exact) mass is 736 g/mol. The maximum Gasteiger partial charge on any atom is 0.0332 e. The summed E-state index contributed by atoms with van der Waals surface area (Å²) >= 11 is 8.02. The van der Waals surface area contributed by atoms with Crippen LogP contribution in [0, 0.1) is 0 Å². The van der Waals surface area contributed by atoms with Crippen molar-refractivity contribution in [2.45, 2.75) is 0 Å². The second-order valence-electron chi connectivity index (χ2n) is 12.6. The molecule has 0 aliphatic rings. The van der Waals surface area contributed by atoms with Crippen molar-refractivity contribution in [1.82, 2.24) is 0 Å². The van der Waals surface area contributed by atoms with Gasteiger partial charge in [0.05, 0.1) is 0 Å². The number of hydrogen-bond donors (Lipinski definition) is 0. The predicted octanol–water partition coefficient (Wildman–Crippen LogP) is 14.6. The van der Waals surface area contributed by atoms with Crippen LogP contribution in [0.4, 0.5) is 0 Å². The quantitative estimate of drug-likeness (QED) is 0.155. The molecule has 0 saturated carbocycles. The highest BCUT2D eigenvalue weighted by Crippen LogP contribution is 2.52. The van der Waals surface area contributed by atoms with E-state index in [0.717, 1.165) is 8.95 Å². The Balaban J connectivity index is 1.52. The molecule has 0 unspecified atom stereocenters. The minimum absolute atomic E-state index is 1.14. The van der Waals surface area contributed by atoms with E-state index >= 15 is 0 Å². The van der Waals surface area contributed by atoms with E-state index in [0.29, 0.717) is 0 Å². The molecule has 0 saturated heterocycles. The average Bonchev–Trinajstić information content (AvgIpc) is 3.15. The van der Waals surface area contributed by atoms with Crippen molar-refractivity contribution >= 4 is 107 Å². The van der Waals surface area contributed by atoms with Gasteiger partial charge in [-0.05, 0) is 142 Å². The van der Waals surface area contributed by atoms with Crippen LogP contribution < -0.4 is 0 Å². The van der Waals surface area contributed by atoms with Crippen LogP contribution in [0.15, 0.2) is 167 Å². The molecule has 0 nitrogen and oxygen atoms in total. The summed E-state index contributed by atoms with van der Waals surface area (Å²) in [5.41, 5.74) is 5.11. The Kier molecular flexibility index (Phi) is 6.28. The minimum Gasteiger partial charge on any atom is -0.0616 e. The molecule has 224 valence electrons. The van der Waals surface area contributed by atoms with Gasteiger partial charge >= 0.3 is 0 Å². The fourth-order valence-corrected chi connectivity index (χ4v) is 9.47. The standard InChI is InChI=1S/C46H26Br2/c47-45-35-21-9-5-17-31(35)41(32-18-6-10-22-36(32)45)43-29-15-3-4-16-30(29)44(40-26-28-14-2-1-13-27(28)25-39(40)43)42-33-19-7-11-23-37(33)46(48)38-24-12-8-20-34(38)42/h1-26H. The van der Waals surface area contributed by atoms with Gasteiger partial charge in [-0.1, -0.05) is 146 Å². The summed E-state index contributed by atoms with van der Waals surface area (Å²) in [4.78, 5) is 0. The van der Waals surface area contributed by atoms with E-state index in [1.165, 1.54) is 97.7 Å². The molecule has 0 fully saturated rings. The number of rotatable bonds is 2. The van der Waals surface area contributed by atoms with E-state index < -0.39 is 0 Å². The molecule has 0 atom stereocenters. The zero-order valence-corrected chi connectivity index (χ0v) is 28.9. The van der Waals surface area contributed by atoms with Crippen molar-refractivity contribution in [2.75, 3.05) is 0 Å². The van der Waals surface area contributed by atoms with Crippen LogP contribution in [-0.2, 0) is 0 Å². The maximum absolute atomic E-state index is 4.01. The Hall–Kier alpha value is -5.02. The summed E-state index contributed by atoms with van der Waals surface area (Å²) in [6, 6.07) is 58.1. The Morgan fingerprint density at radius 3 is 0.729 bits per heavy atom. The lowest BCUT2D eigenvalue weighted by Crippen LogP contribution is -1.95. The third-order valence-electron chi connectivity index (χ3n) is 10.1. The molecular formula is C46H26Br2. The fourth-order valence-electron chi connectivity index (χ4n) is 8.09. The van der Waals surface area contributed by atoms with Crippen molar-refractivity contribution in [3.05, 3.63) is 167 Å². The van der Waals surface area contributed by atoms with E-state index in [2.05, 4.69) is 190 Å². The van der Waals surface area contributed by atoms with E-state index in [1.54, 1.807) is 0 Å². The number of hydrogen-bond acceptors (Lipinski definition) is 0. The molecular weight excluding hydrogens is 712 g/mol. The Bertz CT molecular complexity index is 2660. The third-order valence-corrected chi connectivity index (χ3v) is 11.8. The molecule has 0 amide bonds. The highest BCUT2D eigenvalue weighted by molar-refractivity contribution is 9.11. The van der Waals surface area contributed by atoms with Crippen LogP contribution in [-0.4, -0.2) is 0 Å². The topological polar surface area (TPSA) is 0 Å². The van der Waals surface area contributed by atoms with Crippen LogP contribution in [0.1, 0.15) is 0 Å². The second kappa shape index (κ2) is 10.8. The van der Waals surface area contributed by atoms with Gasteiger partial charge in [-0.2, -0.15) is 0 Å². The highest BCUT2D eigenvalue weighted by atomic mass is 79.9. The molecule has 2 heteroatoms. The molecule has 0 aliphatic carbocycles. The first-order valence-corrected chi connectivity index (χ1v) is 17.8. The van der Waals surface area contributed by atoms with Crippen molar-refractivity contribution in [1.29, 1.82) is 0 Å². The lowest BCUT2D eigenvalue weighted by molar-refractivity contribution is 1.70. The summed E-state index contributed by atoms with van der Waals surface area (Å²) in [6.07, 6.45) is 0. The summed E-state index contributed by atoms with van der Waals surface area (Å²) < 4.78 is 2.28. The second-order valence-corrected chi connectivity index (χ2v) is 14.2. The fraction of sp³-hybridized carbons (Fsp3) is 0. The van der Waals surface area contributed by atoms with Gasteiger partial charge in [-0.25, -0.2) is 0 Å². The number of halogens is 2. The maximum atomic E-state index is 4.01. The smallest absolute Gasteiger partial charge is 0.0332 e. The van der Waals surface area contributed by atoms with Gasteiger partial charge in [0.2, 0.25) is 0 Å². The number of fused-ring (bicyclic) bond motifs is 7. The molecule has 0 radical (unpaired) electrons. The van der Waals surface area contributed by atoms with Crippen molar-refractivity contribution in [3.8, 4) is 22.3 Å². The van der Waals surface area contributed by atoms with Crippen LogP contribution in [0.25, 0.3) is 97.7 Å². The zero-order valence-electron chi connectivity index (χ0n) is 25.8. The van der Waals surface area contributed by atoms with Crippen LogP contribution in [0.3, 0.4) is 0 Å². The van der Waals surface area contributed by atoms with Crippen molar-refractivity contribution in [3.63, 3.8) is 0 Å². The summed E-state index contributed by atoms with van der Waals surface area (Å²) in [7, 11) is 0. The molecule has 0 aromatic heterocycles. The first kappa shape index (κ1) is 28.0. The first-order valence-electron chi connectivity index (χ1n) is 16.2. The van der Waals surface area contributed by atoms with Crippen LogP contribution >= 0.6 is 31.9 Å². The normalized spacial score (nSPS) is 12.0. The molecule has 0 bridgehead atoms. The van der Waals surface area contributed by atoms with Crippen molar-refractivity contribution < 1.29 is 0 Å². The van der Waals surface area contributed by atoms with Gasteiger partial charge in [-0.15, -0.1) is 0 Å². The molecule has 0 spiro atoms. The Morgan fingerprint density at radius 2 is 0.438 bits per heavy atom. The molecule has 0 aliphatic heterocycles. The van der Waals surface area contributed by atoms with E-state index in [4.69, 9.17) is 0 Å². The third kappa shape index (κ3) is 3.94. The SMILES string of the molecule is Brc1c2ccccc2c(-c2c3ccccc3c(-c3c4ccccc4c(Br)c4ccccc34)c3cc4ccccc4cc23)c2ccccc12. The average molecular weight is 739 g/mol. The molecule has 0 heterocycles. The summed E-state index contributed by atoms with van der Waals surface area (Å²) in [5.74, 6) is 0. The molecule has 10 aromatic carbocycles. The summed E-state index contributed by atoms with van der Waals surface area (Å²) in [5, 5.41) is 17.4. The van der Waals surface area contributed by atoms with Gasteiger partial charge < -0.3 is 0 Å². The van der Waals surface area contributed by atoms with Gasteiger partial charge in [0.25, 0.3) is 0 Å². The van der Waals surface area contributed by atoms with E-state index in [9.17, 15) is 0 Å². The van der Waals surface area contributed by atoms with Gasteiger partial charge in [-0.3, -0.25) is 0 Å². The highest BCUT2D eigenvalue weighted by Gasteiger charge is 2.24. The van der Waals surface area contributed by atoms with E-state index in [-0.39, 0.29) is 0 Å².